The fourth-order valence-corrected chi connectivity index (χ4v) is 2.50. The van der Waals surface area contributed by atoms with Crippen molar-refractivity contribution in [1.82, 2.24) is 15.0 Å². The van der Waals surface area contributed by atoms with Crippen LogP contribution in [0.15, 0.2) is 42.6 Å². The van der Waals surface area contributed by atoms with Gasteiger partial charge in [-0.2, -0.15) is 0 Å². The molecule has 0 aliphatic heterocycles. The van der Waals surface area contributed by atoms with Crippen LogP contribution in [-0.4, -0.2) is 31.6 Å². The summed E-state index contributed by atoms with van der Waals surface area (Å²) in [6.45, 7) is 0.110. The van der Waals surface area contributed by atoms with Crippen LogP contribution in [0.2, 0.25) is 0 Å². The average molecular weight is 286 g/mol. The summed E-state index contributed by atoms with van der Waals surface area (Å²) < 4.78 is 1.68. The van der Waals surface area contributed by atoms with Gasteiger partial charge < -0.3 is 5.11 Å². The van der Waals surface area contributed by atoms with Gasteiger partial charge in [-0.1, -0.05) is 29.5 Å². The first-order valence-electron chi connectivity index (χ1n) is 6.64. The maximum Gasteiger partial charge on any atom is 0.278 e. The third kappa shape index (κ3) is 2.55. The molecule has 1 aromatic heterocycles. The van der Waals surface area contributed by atoms with E-state index in [-0.39, 0.29) is 24.3 Å². The molecule has 0 unspecified atom stereocenters. The predicted octanol–water partition coefficient (Wildman–Crippen LogP) is 1.96. The fraction of sp³-hybridized carbons (Fsp3) is 0.286. The van der Waals surface area contributed by atoms with Crippen LogP contribution in [-0.2, 0) is 0 Å². The van der Waals surface area contributed by atoms with Crippen LogP contribution in [0.3, 0.4) is 0 Å². The molecular weight excluding hydrogens is 272 g/mol. The summed E-state index contributed by atoms with van der Waals surface area (Å²) in [5.41, 5.74) is 0.942. The second kappa shape index (κ2) is 5.45. The lowest BCUT2D eigenvalue weighted by Crippen LogP contribution is -2.08. The van der Waals surface area contributed by atoms with Crippen molar-refractivity contribution in [2.75, 3.05) is 6.61 Å². The van der Waals surface area contributed by atoms with Crippen molar-refractivity contribution in [3.63, 3.8) is 0 Å². The number of aliphatic hydroxyl groups excluding tert-OH is 1. The molecule has 7 heteroatoms. The number of allylic oxidation sites excluding steroid dienone is 1. The number of nitro groups is 1. The minimum absolute atomic E-state index is 0.0137. The highest BCUT2D eigenvalue weighted by Gasteiger charge is 2.22. The molecule has 1 heterocycles. The number of hydrogen-bond donors (Lipinski definition) is 1. The van der Waals surface area contributed by atoms with Crippen molar-refractivity contribution in [3.8, 4) is 11.3 Å². The summed E-state index contributed by atoms with van der Waals surface area (Å²) in [5.74, 6) is 0.133. The molecule has 0 fully saturated rings. The molecule has 2 atom stereocenters. The van der Waals surface area contributed by atoms with Crippen molar-refractivity contribution in [2.24, 2.45) is 5.92 Å². The Hall–Kier alpha value is -2.54. The van der Waals surface area contributed by atoms with Crippen molar-refractivity contribution in [3.05, 3.63) is 52.7 Å². The number of nitrogens with zero attached hydrogens (tertiary/aromatic N) is 4. The maximum atomic E-state index is 11.1. The van der Waals surface area contributed by atoms with Gasteiger partial charge in [-0.25, -0.2) is 4.68 Å². The molecule has 2 aromatic rings. The monoisotopic (exact) mass is 286 g/mol. The topological polar surface area (TPSA) is 94.1 Å². The molecule has 21 heavy (non-hydrogen) atoms. The van der Waals surface area contributed by atoms with E-state index in [4.69, 9.17) is 5.11 Å². The zero-order valence-corrected chi connectivity index (χ0v) is 11.2. The van der Waals surface area contributed by atoms with Gasteiger partial charge in [-0.3, -0.25) is 10.1 Å². The Balaban J connectivity index is 1.90. The molecule has 7 nitrogen and oxygen atoms in total. The first-order chi connectivity index (χ1) is 10.2. The molecule has 1 aromatic carbocycles. The average Bonchev–Trinajstić information content (AvgIpc) is 3.16. The number of rotatable bonds is 4. The number of benzene rings is 1. The number of hydrogen-bond acceptors (Lipinski definition) is 5. The molecule has 0 saturated heterocycles. The Labute approximate surface area is 120 Å². The van der Waals surface area contributed by atoms with Gasteiger partial charge in [0.05, 0.1) is 22.7 Å². The van der Waals surface area contributed by atoms with E-state index in [1.165, 1.54) is 6.07 Å². The smallest absolute Gasteiger partial charge is 0.278 e. The lowest BCUT2D eigenvalue weighted by molar-refractivity contribution is -0.384. The molecule has 0 amide bonds. The maximum absolute atomic E-state index is 11.1. The van der Waals surface area contributed by atoms with Gasteiger partial charge in [0.1, 0.15) is 5.69 Å². The van der Waals surface area contributed by atoms with E-state index >= 15 is 0 Å². The van der Waals surface area contributed by atoms with E-state index in [2.05, 4.69) is 10.3 Å². The van der Waals surface area contributed by atoms with Crippen LogP contribution >= 0.6 is 0 Å². The Morgan fingerprint density at radius 3 is 2.90 bits per heavy atom. The van der Waals surface area contributed by atoms with Crippen LogP contribution in [0.5, 0.6) is 0 Å². The first-order valence-corrected chi connectivity index (χ1v) is 6.64. The van der Waals surface area contributed by atoms with Crippen molar-refractivity contribution in [2.45, 2.75) is 12.5 Å². The minimum atomic E-state index is -0.425. The van der Waals surface area contributed by atoms with Gasteiger partial charge in [0, 0.05) is 18.6 Å². The van der Waals surface area contributed by atoms with Gasteiger partial charge in [-0.15, -0.1) is 5.10 Å². The molecule has 108 valence electrons. The lowest BCUT2D eigenvalue weighted by atomic mass is 10.1. The summed E-state index contributed by atoms with van der Waals surface area (Å²) in [5, 5.41) is 28.3. The highest BCUT2D eigenvalue weighted by Crippen LogP contribution is 2.30. The first kappa shape index (κ1) is 13.4. The van der Waals surface area contributed by atoms with Crippen molar-refractivity contribution in [1.29, 1.82) is 0 Å². The van der Waals surface area contributed by atoms with Gasteiger partial charge in [0.25, 0.3) is 5.69 Å². The third-order valence-corrected chi connectivity index (χ3v) is 3.61. The second-order valence-electron chi connectivity index (χ2n) is 4.99. The van der Waals surface area contributed by atoms with Crippen molar-refractivity contribution < 1.29 is 10.0 Å². The minimum Gasteiger partial charge on any atom is -0.396 e. The number of aromatic nitrogens is 3. The quantitative estimate of drug-likeness (QED) is 0.526. The summed E-state index contributed by atoms with van der Waals surface area (Å²) in [7, 11) is 0. The number of para-hydroxylation sites is 1. The van der Waals surface area contributed by atoms with E-state index in [9.17, 15) is 10.1 Å². The summed E-state index contributed by atoms with van der Waals surface area (Å²) >= 11 is 0. The molecule has 0 spiro atoms. The molecule has 1 aliphatic carbocycles. The SMILES string of the molecule is O=[N+]([O-])c1ccccc1-c1cn([C@H]2C=C[C@@H](CO)C2)nn1. The van der Waals surface area contributed by atoms with Crippen molar-refractivity contribution >= 4 is 5.69 Å². The van der Waals surface area contributed by atoms with E-state index in [0.717, 1.165) is 6.42 Å². The highest BCUT2D eigenvalue weighted by atomic mass is 16.6. The predicted molar refractivity (Wildman–Crippen MR) is 75.5 cm³/mol. The van der Waals surface area contributed by atoms with Crippen LogP contribution in [0.25, 0.3) is 11.3 Å². The molecule has 3 rings (SSSR count). The van der Waals surface area contributed by atoms with E-state index in [0.29, 0.717) is 11.3 Å². The van der Waals surface area contributed by atoms with Crippen LogP contribution in [0, 0.1) is 16.0 Å². The number of aliphatic hydroxyl groups is 1. The lowest BCUT2D eigenvalue weighted by Gasteiger charge is -2.09. The summed E-state index contributed by atoms with van der Waals surface area (Å²) in [4.78, 5) is 10.6. The molecule has 1 N–H and O–H groups in total. The van der Waals surface area contributed by atoms with E-state index < -0.39 is 4.92 Å². The van der Waals surface area contributed by atoms with Crippen LogP contribution in [0.4, 0.5) is 5.69 Å². The Morgan fingerprint density at radius 1 is 1.38 bits per heavy atom. The van der Waals surface area contributed by atoms with Gasteiger partial charge in [0.2, 0.25) is 0 Å². The third-order valence-electron chi connectivity index (χ3n) is 3.61. The Bertz CT molecular complexity index is 695. The number of nitro benzene ring substituents is 1. The molecule has 0 saturated carbocycles. The van der Waals surface area contributed by atoms with E-state index in [1.807, 2.05) is 12.2 Å². The molecular formula is C14H14N4O3. The summed E-state index contributed by atoms with van der Waals surface area (Å²) in [6.07, 6.45) is 6.39. The standard InChI is InChI=1S/C14H14N4O3/c19-9-10-5-6-11(7-10)17-8-13(15-16-17)12-3-1-2-4-14(12)18(20)21/h1-6,8,10-11,19H,7,9H2/t10-,11+/m1/s1. The zero-order chi connectivity index (χ0) is 14.8. The largest absolute Gasteiger partial charge is 0.396 e. The molecule has 1 aliphatic rings. The highest BCUT2D eigenvalue weighted by molar-refractivity contribution is 5.69. The molecule has 0 bridgehead atoms. The van der Waals surface area contributed by atoms with E-state index in [1.54, 1.807) is 29.1 Å². The van der Waals surface area contributed by atoms with Gasteiger partial charge >= 0.3 is 0 Å². The van der Waals surface area contributed by atoms with Crippen LogP contribution in [0.1, 0.15) is 12.5 Å². The Morgan fingerprint density at radius 2 is 2.19 bits per heavy atom. The normalized spacial score (nSPS) is 20.8. The van der Waals surface area contributed by atoms with Gasteiger partial charge in [-0.05, 0) is 12.5 Å². The summed E-state index contributed by atoms with van der Waals surface area (Å²) in [6, 6.07) is 6.50. The second-order valence-corrected chi connectivity index (χ2v) is 4.99. The Kier molecular flexibility index (Phi) is 3.49. The zero-order valence-electron chi connectivity index (χ0n) is 11.2. The molecule has 0 radical (unpaired) electrons. The van der Waals surface area contributed by atoms with Crippen LogP contribution < -0.4 is 0 Å². The fourth-order valence-electron chi connectivity index (χ4n) is 2.50. The van der Waals surface area contributed by atoms with Gasteiger partial charge in [0.15, 0.2) is 0 Å².